The first-order chi connectivity index (χ1) is 10.0. The number of hydrogen-bond donors (Lipinski definition) is 5. The largest absolute Gasteiger partial charge is 0.480 e. The van der Waals surface area contributed by atoms with E-state index in [-0.39, 0.29) is 22.2 Å². The molecule has 1 aliphatic heterocycles. The summed E-state index contributed by atoms with van der Waals surface area (Å²) >= 11 is 1.28. The Labute approximate surface area is 121 Å². The second-order valence-electron chi connectivity index (χ2n) is 4.72. The van der Waals surface area contributed by atoms with E-state index in [1.165, 1.54) is 11.8 Å². The Morgan fingerprint density at radius 2 is 2.14 bits per heavy atom. The van der Waals surface area contributed by atoms with Gasteiger partial charge in [0.15, 0.2) is 10.9 Å². The molecule has 2 atom stereocenters. The van der Waals surface area contributed by atoms with Crippen LogP contribution in [0.1, 0.15) is 17.5 Å². The van der Waals surface area contributed by atoms with Gasteiger partial charge in [-0.25, -0.2) is 9.78 Å². The number of fused-ring (bicyclic) bond motifs is 1. The number of aromatic nitrogens is 4. The summed E-state index contributed by atoms with van der Waals surface area (Å²) in [6.07, 6.45) is 0.881. The summed E-state index contributed by atoms with van der Waals surface area (Å²) < 4.78 is 0. The van der Waals surface area contributed by atoms with Gasteiger partial charge in [-0.05, 0) is 13.0 Å². The molecule has 3 rings (SSSR count). The highest BCUT2D eigenvalue weighted by atomic mass is 32.2. The fraction of sp³-hybridized carbons (Fsp3) is 0.455. The molecule has 0 aliphatic carbocycles. The number of nitrogens with zero attached hydrogens (tertiary/aromatic N) is 1. The molecule has 10 heteroatoms. The minimum atomic E-state index is -1.04. The number of aliphatic carboxylic acids is 1. The second kappa shape index (κ2) is 5.37. The molecule has 0 amide bonds. The fourth-order valence-corrected chi connectivity index (χ4v) is 3.46. The van der Waals surface area contributed by atoms with E-state index < -0.39 is 22.5 Å². The lowest BCUT2D eigenvalue weighted by Gasteiger charge is -2.13. The van der Waals surface area contributed by atoms with Gasteiger partial charge in [0.05, 0.1) is 0 Å². The van der Waals surface area contributed by atoms with Crippen molar-refractivity contribution in [1.29, 1.82) is 0 Å². The van der Waals surface area contributed by atoms with Crippen molar-refractivity contribution in [2.45, 2.75) is 16.9 Å². The number of carboxylic acids is 1. The maximum absolute atomic E-state index is 11.6. The molecule has 112 valence electrons. The van der Waals surface area contributed by atoms with Crippen LogP contribution in [0.25, 0.3) is 11.2 Å². The molecule has 1 fully saturated rings. The van der Waals surface area contributed by atoms with E-state index in [1.807, 2.05) is 0 Å². The third kappa shape index (κ3) is 2.72. The first-order valence-electron chi connectivity index (χ1n) is 6.36. The zero-order chi connectivity index (χ0) is 15.0. The van der Waals surface area contributed by atoms with Crippen molar-refractivity contribution in [3.05, 3.63) is 26.7 Å². The number of aromatic amines is 3. The quantitative estimate of drug-likeness (QED) is 0.495. The van der Waals surface area contributed by atoms with Gasteiger partial charge in [0.25, 0.3) is 5.56 Å². The predicted octanol–water partition coefficient (Wildman–Crippen LogP) is -0.840. The van der Waals surface area contributed by atoms with Crippen molar-refractivity contribution in [2.24, 2.45) is 0 Å². The topological polar surface area (TPSA) is 144 Å². The summed E-state index contributed by atoms with van der Waals surface area (Å²) in [5, 5.41) is 11.8. The summed E-state index contributed by atoms with van der Waals surface area (Å²) in [6, 6.07) is 0. The SMILES string of the molecule is O=C(O)C(SC1CCNC1)c1nc2[nH]c(=O)[nH]c(=O)c2[nH]1. The van der Waals surface area contributed by atoms with Crippen molar-refractivity contribution >= 4 is 28.9 Å². The molecule has 1 aliphatic rings. The van der Waals surface area contributed by atoms with E-state index in [9.17, 15) is 19.5 Å². The van der Waals surface area contributed by atoms with Gasteiger partial charge >= 0.3 is 11.7 Å². The molecule has 2 aromatic heterocycles. The molecule has 0 saturated carbocycles. The lowest BCUT2D eigenvalue weighted by molar-refractivity contribution is -0.136. The summed E-state index contributed by atoms with van der Waals surface area (Å²) in [7, 11) is 0. The van der Waals surface area contributed by atoms with Crippen LogP contribution in [0, 0.1) is 0 Å². The first kappa shape index (κ1) is 13.9. The number of rotatable bonds is 4. The van der Waals surface area contributed by atoms with E-state index >= 15 is 0 Å². The van der Waals surface area contributed by atoms with Crippen LogP contribution < -0.4 is 16.6 Å². The lowest BCUT2D eigenvalue weighted by atomic mass is 10.4. The van der Waals surface area contributed by atoms with Gasteiger partial charge in [0, 0.05) is 11.8 Å². The van der Waals surface area contributed by atoms with E-state index in [0.29, 0.717) is 0 Å². The van der Waals surface area contributed by atoms with E-state index in [2.05, 4.69) is 25.3 Å². The van der Waals surface area contributed by atoms with E-state index in [0.717, 1.165) is 19.5 Å². The summed E-state index contributed by atoms with van der Waals surface area (Å²) in [4.78, 5) is 45.5. The predicted molar refractivity (Wildman–Crippen MR) is 76.6 cm³/mol. The summed E-state index contributed by atoms with van der Waals surface area (Å²) in [5.41, 5.74) is -1.16. The number of hydrogen-bond acceptors (Lipinski definition) is 6. The molecule has 2 aromatic rings. The molecule has 21 heavy (non-hydrogen) atoms. The fourth-order valence-electron chi connectivity index (χ4n) is 2.25. The zero-order valence-electron chi connectivity index (χ0n) is 10.8. The van der Waals surface area contributed by atoms with Gasteiger partial charge in [-0.3, -0.25) is 19.6 Å². The molecule has 1 saturated heterocycles. The third-order valence-corrected chi connectivity index (χ3v) is 4.71. The molecule has 0 bridgehead atoms. The van der Waals surface area contributed by atoms with Crippen LogP contribution in [-0.4, -0.2) is 49.4 Å². The Bertz CT molecular complexity index is 788. The number of carboxylic acid groups (broad SMARTS) is 1. The van der Waals surface area contributed by atoms with Crippen molar-refractivity contribution in [3.8, 4) is 0 Å². The smallest absolute Gasteiger partial charge is 0.327 e. The van der Waals surface area contributed by atoms with E-state index in [4.69, 9.17) is 0 Å². The monoisotopic (exact) mass is 311 g/mol. The van der Waals surface area contributed by atoms with E-state index in [1.54, 1.807) is 0 Å². The first-order valence-corrected chi connectivity index (χ1v) is 7.30. The molecule has 2 unspecified atom stereocenters. The van der Waals surface area contributed by atoms with Gasteiger partial charge in [-0.2, -0.15) is 0 Å². The number of imidazole rings is 1. The van der Waals surface area contributed by atoms with Crippen molar-refractivity contribution in [2.75, 3.05) is 13.1 Å². The van der Waals surface area contributed by atoms with Gasteiger partial charge < -0.3 is 15.4 Å². The van der Waals surface area contributed by atoms with Gasteiger partial charge in [-0.1, -0.05) is 0 Å². The molecular formula is C11H13N5O4S. The molecule has 5 N–H and O–H groups in total. The summed E-state index contributed by atoms with van der Waals surface area (Å²) in [6.45, 7) is 1.60. The van der Waals surface area contributed by atoms with Crippen molar-refractivity contribution < 1.29 is 9.90 Å². The van der Waals surface area contributed by atoms with Crippen LogP contribution in [0.15, 0.2) is 9.59 Å². The maximum Gasteiger partial charge on any atom is 0.327 e. The Morgan fingerprint density at radius 3 is 2.81 bits per heavy atom. The second-order valence-corrected chi connectivity index (χ2v) is 6.13. The van der Waals surface area contributed by atoms with Gasteiger partial charge in [0.2, 0.25) is 0 Å². The Hall–Kier alpha value is -2.07. The summed E-state index contributed by atoms with van der Waals surface area (Å²) in [5.74, 6) is -0.883. The van der Waals surface area contributed by atoms with Crippen molar-refractivity contribution in [1.82, 2.24) is 25.3 Å². The van der Waals surface area contributed by atoms with Crippen LogP contribution in [0.3, 0.4) is 0 Å². The average molecular weight is 311 g/mol. The molecular weight excluding hydrogens is 298 g/mol. The standard InChI is InChI=1S/C11H13N5O4S/c17-9-5-7(15-11(20)16-9)14-8(13-5)6(10(18)19)21-4-1-2-12-3-4/h4,6,12H,1-3H2,(H,18,19)(H3,13,14,15,16,17,20). The third-order valence-electron chi connectivity index (χ3n) is 3.22. The molecule has 0 spiro atoms. The highest BCUT2D eigenvalue weighted by molar-refractivity contribution is 8.00. The van der Waals surface area contributed by atoms with Crippen molar-refractivity contribution in [3.63, 3.8) is 0 Å². The number of thioether (sulfide) groups is 1. The van der Waals surface area contributed by atoms with Crippen LogP contribution >= 0.6 is 11.8 Å². The Morgan fingerprint density at radius 1 is 1.33 bits per heavy atom. The Balaban J connectivity index is 1.99. The highest BCUT2D eigenvalue weighted by Gasteiger charge is 2.29. The minimum Gasteiger partial charge on any atom is -0.480 e. The molecule has 0 aromatic carbocycles. The zero-order valence-corrected chi connectivity index (χ0v) is 11.6. The van der Waals surface area contributed by atoms with Gasteiger partial charge in [-0.15, -0.1) is 11.8 Å². The molecule has 0 radical (unpaired) electrons. The average Bonchev–Trinajstić information content (AvgIpc) is 3.03. The van der Waals surface area contributed by atoms with Crippen LogP contribution in [0.4, 0.5) is 0 Å². The number of carbonyl (C=O) groups is 1. The minimum absolute atomic E-state index is 0.0650. The molecule has 3 heterocycles. The van der Waals surface area contributed by atoms with Crippen LogP contribution in [0.2, 0.25) is 0 Å². The maximum atomic E-state index is 11.6. The number of nitrogens with one attached hydrogen (secondary N) is 4. The van der Waals surface area contributed by atoms with Crippen LogP contribution in [-0.2, 0) is 4.79 Å². The highest BCUT2D eigenvalue weighted by Crippen LogP contribution is 2.33. The number of H-pyrrole nitrogens is 3. The molecule has 9 nitrogen and oxygen atoms in total. The van der Waals surface area contributed by atoms with Gasteiger partial charge in [0.1, 0.15) is 11.3 Å². The normalized spacial score (nSPS) is 19.9. The Kier molecular flexibility index (Phi) is 3.55. The van der Waals surface area contributed by atoms with Crippen LogP contribution in [0.5, 0.6) is 0 Å². The lowest BCUT2D eigenvalue weighted by Crippen LogP contribution is -2.21.